The lowest BCUT2D eigenvalue weighted by atomic mass is 9.90. The number of alkyl halides is 1. The Labute approximate surface area is 85.9 Å². The summed E-state index contributed by atoms with van der Waals surface area (Å²) in [6.45, 7) is 6.82. The molecule has 2 nitrogen and oxygen atoms in total. The fourth-order valence-electron chi connectivity index (χ4n) is 2.41. The van der Waals surface area contributed by atoms with Gasteiger partial charge in [0, 0.05) is 24.7 Å². The van der Waals surface area contributed by atoms with Gasteiger partial charge in [0.1, 0.15) is 6.17 Å². The van der Waals surface area contributed by atoms with Crippen molar-refractivity contribution < 1.29 is 4.39 Å². The first-order valence-electron chi connectivity index (χ1n) is 5.79. The van der Waals surface area contributed by atoms with Crippen molar-refractivity contribution in [1.82, 2.24) is 10.2 Å². The first kappa shape index (κ1) is 10.4. The molecule has 1 aliphatic carbocycles. The topological polar surface area (TPSA) is 15.3 Å². The monoisotopic (exact) mass is 200 g/mol. The van der Waals surface area contributed by atoms with E-state index in [0.29, 0.717) is 18.1 Å². The van der Waals surface area contributed by atoms with Gasteiger partial charge in [0.15, 0.2) is 0 Å². The SMILES string of the molecule is CC(C)N1CCC(NC2CC(F)C2)C1. The second kappa shape index (κ2) is 4.15. The quantitative estimate of drug-likeness (QED) is 0.743. The van der Waals surface area contributed by atoms with Gasteiger partial charge in [-0.25, -0.2) is 4.39 Å². The fraction of sp³-hybridized carbons (Fsp3) is 1.00. The van der Waals surface area contributed by atoms with Crippen LogP contribution >= 0.6 is 0 Å². The van der Waals surface area contributed by atoms with E-state index in [-0.39, 0.29) is 0 Å². The highest BCUT2D eigenvalue weighted by Gasteiger charge is 2.32. The molecule has 82 valence electrons. The third-order valence-corrected chi connectivity index (χ3v) is 3.50. The van der Waals surface area contributed by atoms with Crippen LogP contribution in [-0.4, -0.2) is 42.3 Å². The Balaban J connectivity index is 1.69. The van der Waals surface area contributed by atoms with Crippen molar-refractivity contribution in [3.8, 4) is 0 Å². The first-order valence-corrected chi connectivity index (χ1v) is 5.79. The summed E-state index contributed by atoms with van der Waals surface area (Å²) in [6, 6.07) is 1.72. The molecule has 2 aliphatic rings. The van der Waals surface area contributed by atoms with Crippen molar-refractivity contribution in [1.29, 1.82) is 0 Å². The van der Waals surface area contributed by atoms with E-state index in [4.69, 9.17) is 0 Å². The lowest BCUT2D eigenvalue weighted by Gasteiger charge is -2.33. The molecule has 0 aromatic heterocycles. The minimum absolute atomic E-state index is 0.460. The Kier molecular flexibility index (Phi) is 3.07. The molecule has 2 fully saturated rings. The van der Waals surface area contributed by atoms with Gasteiger partial charge in [-0.05, 0) is 39.7 Å². The van der Waals surface area contributed by atoms with Crippen LogP contribution in [0.2, 0.25) is 0 Å². The van der Waals surface area contributed by atoms with Crippen LogP contribution in [0, 0.1) is 0 Å². The number of likely N-dealkylation sites (tertiary alicyclic amines) is 1. The van der Waals surface area contributed by atoms with Crippen molar-refractivity contribution in [3.05, 3.63) is 0 Å². The van der Waals surface area contributed by atoms with Crippen LogP contribution in [0.15, 0.2) is 0 Å². The molecule has 1 heterocycles. The van der Waals surface area contributed by atoms with Crippen molar-refractivity contribution in [2.75, 3.05) is 13.1 Å². The molecule has 0 spiro atoms. The average molecular weight is 200 g/mol. The van der Waals surface area contributed by atoms with Crippen molar-refractivity contribution in [2.24, 2.45) is 0 Å². The predicted molar refractivity (Wildman–Crippen MR) is 56.2 cm³/mol. The molecule has 1 unspecified atom stereocenters. The highest BCUT2D eigenvalue weighted by molar-refractivity contribution is 4.91. The van der Waals surface area contributed by atoms with Gasteiger partial charge < -0.3 is 5.32 Å². The minimum atomic E-state index is -0.532. The summed E-state index contributed by atoms with van der Waals surface area (Å²) >= 11 is 0. The smallest absolute Gasteiger partial charge is 0.103 e. The molecule has 1 saturated carbocycles. The fourth-order valence-corrected chi connectivity index (χ4v) is 2.41. The molecular formula is C11H21FN2. The summed E-state index contributed by atoms with van der Waals surface area (Å²) in [4.78, 5) is 2.49. The number of hydrogen-bond donors (Lipinski definition) is 1. The molecule has 3 heteroatoms. The van der Waals surface area contributed by atoms with Gasteiger partial charge in [0.2, 0.25) is 0 Å². The summed E-state index contributed by atoms with van der Waals surface area (Å²) < 4.78 is 12.6. The molecule has 0 bridgehead atoms. The Morgan fingerprint density at radius 3 is 2.50 bits per heavy atom. The van der Waals surface area contributed by atoms with E-state index in [1.807, 2.05) is 0 Å². The second-order valence-electron chi connectivity index (χ2n) is 5.01. The van der Waals surface area contributed by atoms with Crippen molar-refractivity contribution in [2.45, 2.75) is 57.4 Å². The van der Waals surface area contributed by atoms with Crippen LogP contribution < -0.4 is 5.32 Å². The van der Waals surface area contributed by atoms with Crippen LogP contribution in [0.3, 0.4) is 0 Å². The van der Waals surface area contributed by atoms with Crippen LogP contribution in [0.1, 0.15) is 33.1 Å². The standard InChI is InChI=1S/C11H21FN2/c1-8(2)14-4-3-10(7-14)13-11-5-9(12)6-11/h8-11,13H,3-7H2,1-2H3. The Morgan fingerprint density at radius 1 is 1.29 bits per heavy atom. The van der Waals surface area contributed by atoms with Crippen LogP contribution in [0.5, 0.6) is 0 Å². The molecule has 1 atom stereocenters. The third-order valence-electron chi connectivity index (χ3n) is 3.50. The van der Waals surface area contributed by atoms with E-state index in [1.54, 1.807) is 0 Å². The van der Waals surface area contributed by atoms with Gasteiger partial charge >= 0.3 is 0 Å². The molecule has 0 aromatic rings. The zero-order valence-corrected chi connectivity index (χ0v) is 9.17. The lowest BCUT2D eigenvalue weighted by molar-refractivity contribution is 0.145. The van der Waals surface area contributed by atoms with Gasteiger partial charge in [0.05, 0.1) is 0 Å². The molecule has 0 amide bonds. The second-order valence-corrected chi connectivity index (χ2v) is 5.01. The van der Waals surface area contributed by atoms with Gasteiger partial charge in [-0.15, -0.1) is 0 Å². The number of nitrogens with one attached hydrogen (secondary N) is 1. The molecule has 1 saturated heterocycles. The molecular weight excluding hydrogens is 179 g/mol. The van der Waals surface area contributed by atoms with Gasteiger partial charge in [0.25, 0.3) is 0 Å². The maximum atomic E-state index is 12.6. The van der Waals surface area contributed by atoms with Crippen molar-refractivity contribution >= 4 is 0 Å². The summed E-state index contributed by atoms with van der Waals surface area (Å²) in [7, 11) is 0. The number of hydrogen-bond acceptors (Lipinski definition) is 2. The molecule has 14 heavy (non-hydrogen) atoms. The van der Waals surface area contributed by atoms with E-state index >= 15 is 0 Å². The average Bonchev–Trinajstić information content (AvgIpc) is 2.50. The number of nitrogens with zero attached hydrogens (tertiary/aromatic N) is 1. The molecule has 1 aliphatic heterocycles. The summed E-state index contributed by atoms with van der Waals surface area (Å²) in [5, 5.41) is 3.55. The predicted octanol–water partition coefficient (Wildman–Crippen LogP) is 1.56. The van der Waals surface area contributed by atoms with E-state index < -0.39 is 6.17 Å². The normalized spacial score (nSPS) is 39.0. The van der Waals surface area contributed by atoms with E-state index in [9.17, 15) is 4.39 Å². The molecule has 0 radical (unpaired) electrons. The largest absolute Gasteiger partial charge is 0.310 e. The first-order chi connectivity index (χ1) is 6.65. The van der Waals surface area contributed by atoms with Crippen LogP contribution in [-0.2, 0) is 0 Å². The van der Waals surface area contributed by atoms with Gasteiger partial charge in [-0.2, -0.15) is 0 Å². The molecule has 1 N–H and O–H groups in total. The van der Waals surface area contributed by atoms with E-state index in [2.05, 4.69) is 24.1 Å². The lowest BCUT2D eigenvalue weighted by Crippen LogP contribution is -2.48. The summed E-state index contributed by atoms with van der Waals surface area (Å²) in [6.07, 6.45) is 2.16. The zero-order valence-electron chi connectivity index (χ0n) is 9.17. The van der Waals surface area contributed by atoms with Crippen molar-refractivity contribution in [3.63, 3.8) is 0 Å². The van der Waals surface area contributed by atoms with Crippen LogP contribution in [0.4, 0.5) is 4.39 Å². The highest BCUT2D eigenvalue weighted by atomic mass is 19.1. The Morgan fingerprint density at radius 2 is 2.00 bits per heavy atom. The van der Waals surface area contributed by atoms with E-state index in [1.165, 1.54) is 13.0 Å². The van der Waals surface area contributed by atoms with Crippen LogP contribution in [0.25, 0.3) is 0 Å². The minimum Gasteiger partial charge on any atom is -0.310 e. The highest BCUT2D eigenvalue weighted by Crippen LogP contribution is 2.24. The number of halogens is 1. The molecule has 2 rings (SSSR count). The Bertz CT molecular complexity index is 190. The zero-order chi connectivity index (χ0) is 10.1. The van der Waals surface area contributed by atoms with E-state index in [0.717, 1.165) is 19.4 Å². The van der Waals surface area contributed by atoms with Gasteiger partial charge in [-0.3, -0.25) is 4.90 Å². The summed E-state index contributed by atoms with van der Waals surface area (Å²) in [5.41, 5.74) is 0. The van der Waals surface area contributed by atoms with Gasteiger partial charge in [-0.1, -0.05) is 0 Å². The maximum Gasteiger partial charge on any atom is 0.103 e. The maximum absolute atomic E-state index is 12.6. The molecule has 0 aromatic carbocycles. The summed E-state index contributed by atoms with van der Waals surface area (Å²) in [5.74, 6) is 0. The number of rotatable bonds is 3. The Hall–Kier alpha value is -0.150. The third kappa shape index (κ3) is 2.26.